The molecule has 0 heterocycles. The van der Waals surface area contributed by atoms with E-state index in [1.54, 1.807) is 18.2 Å². The third-order valence-electron chi connectivity index (χ3n) is 2.38. The molecular formula is C12H15FN2O3. The number of nitrogens with two attached hydrogens (primary N) is 1. The van der Waals surface area contributed by atoms with Crippen LogP contribution in [0.1, 0.15) is 12.0 Å². The molecule has 0 aliphatic heterocycles. The van der Waals surface area contributed by atoms with Gasteiger partial charge in [0.15, 0.2) is 0 Å². The molecule has 0 aliphatic carbocycles. The zero-order valence-electron chi connectivity index (χ0n) is 9.73. The average Bonchev–Trinajstić information content (AvgIpc) is 2.30. The van der Waals surface area contributed by atoms with E-state index in [2.05, 4.69) is 5.32 Å². The summed E-state index contributed by atoms with van der Waals surface area (Å²) in [6, 6.07) is 5.17. The minimum Gasteiger partial charge on any atom is -0.481 e. The molecule has 0 radical (unpaired) electrons. The monoisotopic (exact) mass is 254 g/mol. The van der Waals surface area contributed by atoms with Gasteiger partial charge in [-0.05, 0) is 18.1 Å². The lowest BCUT2D eigenvalue weighted by Gasteiger charge is -2.10. The van der Waals surface area contributed by atoms with Gasteiger partial charge in [-0.3, -0.25) is 9.59 Å². The van der Waals surface area contributed by atoms with E-state index in [1.165, 1.54) is 6.07 Å². The van der Waals surface area contributed by atoms with Gasteiger partial charge in [0.25, 0.3) is 0 Å². The van der Waals surface area contributed by atoms with Crippen molar-refractivity contribution in [2.75, 3.05) is 6.54 Å². The highest BCUT2D eigenvalue weighted by Gasteiger charge is 2.16. The number of aliphatic carboxylic acids is 1. The zero-order valence-corrected chi connectivity index (χ0v) is 9.73. The first-order chi connectivity index (χ1) is 8.50. The third kappa shape index (κ3) is 4.50. The summed E-state index contributed by atoms with van der Waals surface area (Å²) in [6.07, 6.45) is -0.0935. The van der Waals surface area contributed by atoms with Crippen molar-refractivity contribution in [2.45, 2.75) is 18.9 Å². The second kappa shape index (κ2) is 6.70. The lowest BCUT2D eigenvalue weighted by molar-refractivity contribution is -0.139. The van der Waals surface area contributed by atoms with Crippen LogP contribution in [-0.2, 0) is 16.0 Å². The van der Waals surface area contributed by atoms with Crippen LogP contribution in [0.25, 0.3) is 0 Å². The molecule has 0 spiro atoms. The molecule has 1 aromatic carbocycles. The van der Waals surface area contributed by atoms with Crippen LogP contribution in [-0.4, -0.2) is 29.6 Å². The lowest BCUT2D eigenvalue weighted by atomic mass is 10.1. The number of amides is 1. The molecule has 0 bridgehead atoms. The maximum Gasteiger partial charge on any atom is 0.305 e. The topological polar surface area (TPSA) is 92.4 Å². The number of carboxylic acid groups (broad SMARTS) is 1. The van der Waals surface area contributed by atoms with E-state index < -0.39 is 24.3 Å². The van der Waals surface area contributed by atoms with Crippen molar-refractivity contribution in [3.8, 4) is 0 Å². The van der Waals surface area contributed by atoms with Gasteiger partial charge in [0.1, 0.15) is 5.82 Å². The molecule has 1 amide bonds. The molecule has 5 nitrogen and oxygen atoms in total. The molecule has 4 N–H and O–H groups in total. The van der Waals surface area contributed by atoms with E-state index in [0.29, 0.717) is 12.0 Å². The van der Waals surface area contributed by atoms with Crippen LogP contribution in [0, 0.1) is 5.82 Å². The number of nitrogens with one attached hydrogen (secondary N) is 1. The van der Waals surface area contributed by atoms with E-state index in [4.69, 9.17) is 10.8 Å². The summed E-state index contributed by atoms with van der Waals surface area (Å²) in [7, 11) is 0. The molecule has 0 fully saturated rings. The molecule has 98 valence electrons. The van der Waals surface area contributed by atoms with Crippen molar-refractivity contribution >= 4 is 11.9 Å². The van der Waals surface area contributed by atoms with E-state index in [9.17, 15) is 14.0 Å². The fourth-order valence-corrected chi connectivity index (χ4v) is 1.43. The summed E-state index contributed by atoms with van der Waals surface area (Å²) < 4.78 is 13.2. The van der Waals surface area contributed by atoms with Crippen molar-refractivity contribution < 1.29 is 19.1 Å². The molecule has 0 aromatic heterocycles. The molecule has 18 heavy (non-hydrogen) atoms. The second-order valence-corrected chi connectivity index (χ2v) is 3.84. The molecule has 1 rings (SSSR count). The maximum atomic E-state index is 13.2. The summed E-state index contributed by atoms with van der Waals surface area (Å²) in [6.45, 7) is 0.215. The van der Waals surface area contributed by atoms with Gasteiger partial charge >= 0.3 is 5.97 Å². The maximum absolute atomic E-state index is 13.2. The number of carbonyl (C=O) groups excluding carboxylic acids is 1. The van der Waals surface area contributed by atoms with Gasteiger partial charge in [-0.1, -0.05) is 18.2 Å². The van der Waals surface area contributed by atoms with Gasteiger partial charge in [0.05, 0.1) is 12.5 Å². The molecule has 6 heteroatoms. The van der Waals surface area contributed by atoms with E-state index in [1.807, 2.05) is 0 Å². The smallest absolute Gasteiger partial charge is 0.305 e. The van der Waals surface area contributed by atoms with Gasteiger partial charge in [-0.25, -0.2) is 4.39 Å². The van der Waals surface area contributed by atoms with Crippen LogP contribution in [0.4, 0.5) is 4.39 Å². The molecule has 0 saturated carbocycles. The first-order valence-corrected chi connectivity index (χ1v) is 5.49. The standard InChI is InChI=1S/C12H15FN2O3/c13-9-4-2-1-3-8(9)5-6-15-12(18)10(14)7-11(16)17/h1-4,10H,5-7,14H2,(H,15,18)(H,16,17). The Morgan fingerprint density at radius 1 is 1.39 bits per heavy atom. The lowest BCUT2D eigenvalue weighted by Crippen LogP contribution is -2.42. The van der Waals surface area contributed by atoms with Crippen molar-refractivity contribution in [1.82, 2.24) is 5.32 Å². The van der Waals surface area contributed by atoms with Gasteiger partial charge in [-0.15, -0.1) is 0 Å². The van der Waals surface area contributed by atoms with Crippen LogP contribution >= 0.6 is 0 Å². The summed E-state index contributed by atoms with van der Waals surface area (Å²) in [4.78, 5) is 21.7. The van der Waals surface area contributed by atoms with Gasteiger partial charge in [-0.2, -0.15) is 0 Å². The Morgan fingerprint density at radius 2 is 2.06 bits per heavy atom. The Kier molecular flexibility index (Phi) is 5.26. The number of carboxylic acids is 1. The fourth-order valence-electron chi connectivity index (χ4n) is 1.43. The van der Waals surface area contributed by atoms with Gasteiger partial charge in [0.2, 0.25) is 5.91 Å². The number of hydrogen-bond acceptors (Lipinski definition) is 3. The Hall–Kier alpha value is -1.95. The highest BCUT2D eigenvalue weighted by Crippen LogP contribution is 2.06. The quantitative estimate of drug-likeness (QED) is 0.680. The highest BCUT2D eigenvalue weighted by atomic mass is 19.1. The minimum absolute atomic E-state index is 0.215. The molecule has 0 aliphatic rings. The van der Waals surface area contributed by atoms with Crippen molar-refractivity contribution in [2.24, 2.45) is 5.73 Å². The van der Waals surface area contributed by atoms with Crippen LogP contribution in [0.5, 0.6) is 0 Å². The normalized spacial score (nSPS) is 11.9. The van der Waals surface area contributed by atoms with Crippen LogP contribution in [0.3, 0.4) is 0 Å². The van der Waals surface area contributed by atoms with Crippen molar-refractivity contribution in [1.29, 1.82) is 0 Å². The number of hydrogen-bond donors (Lipinski definition) is 3. The first kappa shape index (κ1) is 14.1. The predicted molar refractivity (Wildman–Crippen MR) is 63.3 cm³/mol. The minimum atomic E-state index is -1.13. The summed E-state index contributed by atoms with van der Waals surface area (Å²) in [5, 5.41) is 10.9. The van der Waals surface area contributed by atoms with Crippen LogP contribution < -0.4 is 11.1 Å². The first-order valence-electron chi connectivity index (χ1n) is 5.49. The van der Waals surface area contributed by atoms with Gasteiger partial charge in [0, 0.05) is 6.54 Å². The third-order valence-corrected chi connectivity index (χ3v) is 2.38. The summed E-state index contributed by atoms with van der Waals surface area (Å²) in [5.74, 6) is -2.01. The van der Waals surface area contributed by atoms with Crippen molar-refractivity contribution in [3.05, 3.63) is 35.6 Å². The highest BCUT2D eigenvalue weighted by molar-refractivity contribution is 5.85. The van der Waals surface area contributed by atoms with Crippen LogP contribution in [0.15, 0.2) is 24.3 Å². The zero-order chi connectivity index (χ0) is 13.5. The molecule has 1 unspecified atom stereocenters. The van der Waals surface area contributed by atoms with E-state index in [-0.39, 0.29) is 12.4 Å². The molecular weight excluding hydrogens is 239 g/mol. The number of halogens is 1. The van der Waals surface area contributed by atoms with E-state index >= 15 is 0 Å². The molecule has 1 aromatic rings. The van der Waals surface area contributed by atoms with Crippen LogP contribution in [0.2, 0.25) is 0 Å². The summed E-state index contributed by atoms with van der Waals surface area (Å²) >= 11 is 0. The average molecular weight is 254 g/mol. The Labute approximate surface area is 104 Å². The van der Waals surface area contributed by atoms with Gasteiger partial charge < -0.3 is 16.2 Å². The van der Waals surface area contributed by atoms with Crippen molar-refractivity contribution in [3.63, 3.8) is 0 Å². The summed E-state index contributed by atoms with van der Waals surface area (Å²) in [5.41, 5.74) is 5.85. The number of rotatable bonds is 6. The Morgan fingerprint density at radius 3 is 2.67 bits per heavy atom. The fraction of sp³-hybridized carbons (Fsp3) is 0.333. The molecule has 0 saturated heterocycles. The Bertz CT molecular complexity index is 437. The largest absolute Gasteiger partial charge is 0.481 e. The second-order valence-electron chi connectivity index (χ2n) is 3.84. The van der Waals surface area contributed by atoms with E-state index in [0.717, 1.165) is 0 Å². The molecule has 1 atom stereocenters. The predicted octanol–water partition coefficient (Wildman–Crippen LogP) is 0.286. The number of carbonyl (C=O) groups is 2. The SMILES string of the molecule is NC(CC(=O)O)C(=O)NCCc1ccccc1F. The Balaban J connectivity index is 2.36. The number of benzene rings is 1.